The van der Waals surface area contributed by atoms with Crippen LogP contribution in [0.1, 0.15) is 66.9 Å². The Kier molecular flexibility index (Phi) is 10.7. The predicted octanol–water partition coefficient (Wildman–Crippen LogP) is 8.53. The van der Waals surface area contributed by atoms with Gasteiger partial charge in [0.25, 0.3) is 5.91 Å². The number of carbonyl (C=O) groups excluding carboxylic acids is 1. The summed E-state index contributed by atoms with van der Waals surface area (Å²) in [6.45, 7) is 2.79. The molecule has 1 aliphatic rings. The summed E-state index contributed by atoms with van der Waals surface area (Å²) in [6, 6.07) is 8.05. The number of benzene rings is 2. The van der Waals surface area contributed by atoms with E-state index >= 15 is 4.39 Å². The van der Waals surface area contributed by atoms with Gasteiger partial charge in [0.2, 0.25) is 0 Å². The van der Waals surface area contributed by atoms with Crippen molar-refractivity contribution in [2.75, 3.05) is 18.5 Å². The largest absolute Gasteiger partial charge is 0.478 e. The summed E-state index contributed by atoms with van der Waals surface area (Å²) in [4.78, 5) is 28.4. The van der Waals surface area contributed by atoms with Gasteiger partial charge in [0, 0.05) is 40.9 Å². The van der Waals surface area contributed by atoms with E-state index in [1.54, 1.807) is 23.6 Å². The van der Waals surface area contributed by atoms with Crippen molar-refractivity contribution in [3.05, 3.63) is 73.8 Å². The van der Waals surface area contributed by atoms with Crippen molar-refractivity contribution >= 4 is 57.6 Å². The zero-order valence-corrected chi connectivity index (χ0v) is 24.5. The molecule has 1 saturated carbocycles. The maximum atomic E-state index is 15.3. The van der Waals surface area contributed by atoms with Crippen molar-refractivity contribution < 1.29 is 23.8 Å². The summed E-state index contributed by atoms with van der Waals surface area (Å²) in [6.07, 6.45) is 9.05. The van der Waals surface area contributed by atoms with E-state index in [9.17, 15) is 9.59 Å². The van der Waals surface area contributed by atoms with Crippen molar-refractivity contribution in [1.29, 1.82) is 0 Å². The van der Waals surface area contributed by atoms with Gasteiger partial charge in [0.1, 0.15) is 5.82 Å². The molecule has 0 atom stereocenters. The standard InChI is InChI=1S/C30H31Cl2FN2O4S/c1-18(29(37)38)14-23-24(31)15-21(16-25(23)32)28(36)35-30-34-26(17-40-30)22-10-4-8-20(27(22)33)9-5-12-39-13-11-19-6-2-3-7-19/h4,8,10,14-17,19H,2-3,5-7,9,11-13H2,1H3,(H,37,38)(H,34,35,36). The monoisotopic (exact) mass is 604 g/mol. The zero-order chi connectivity index (χ0) is 28.6. The maximum Gasteiger partial charge on any atom is 0.331 e. The summed E-state index contributed by atoms with van der Waals surface area (Å²) in [7, 11) is 0. The van der Waals surface area contributed by atoms with E-state index in [1.807, 2.05) is 0 Å². The number of aliphatic carboxylic acids is 1. The minimum atomic E-state index is -1.10. The van der Waals surface area contributed by atoms with Crippen LogP contribution in [0.5, 0.6) is 0 Å². The highest BCUT2D eigenvalue weighted by Crippen LogP contribution is 2.32. The van der Waals surface area contributed by atoms with Crippen molar-refractivity contribution in [2.24, 2.45) is 5.92 Å². The van der Waals surface area contributed by atoms with Crippen LogP contribution in [0.2, 0.25) is 10.0 Å². The lowest BCUT2D eigenvalue weighted by Gasteiger charge is -2.10. The Morgan fingerprint density at radius 3 is 2.62 bits per heavy atom. The van der Waals surface area contributed by atoms with E-state index in [2.05, 4.69) is 10.3 Å². The minimum Gasteiger partial charge on any atom is -0.478 e. The molecule has 2 aromatic carbocycles. The second-order valence-electron chi connectivity index (χ2n) is 9.91. The average Bonchev–Trinajstić information content (AvgIpc) is 3.61. The van der Waals surface area contributed by atoms with Gasteiger partial charge in [-0.15, -0.1) is 11.3 Å². The van der Waals surface area contributed by atoms with Crippen LogP contribution in [0.3, 0.4) is 0 Å². The summed E-state index contributed by atoms with van der Waals surface area (Å²) in [5.41, 5.74) is 1.93. The van der Waals surface area contributed by atoms with Gasteiger partial charge in [-0.2, -0.15) is 0 Å². The van der Waals surface area contributed by atoms with Gasteiger partial charge in [0.05, 0.1) is 15.7 Å². The third kappa shape index (κ3) is 7.91. The van der Waals surface area contributed by atoms with Gasteiger partial charge in [-0.05, 0) is 61.9 Å². The molecule has 0 aliphatic heterocycles. The first-order valence-electron chi connectivity index (χ1n) is 13.3. The number of nitrogens with one attached hydrogen (secondary N) is 1. The molecule has 1 amide bonds. The summed E-state index contributed by atoms with van der Waals surface area (Å²) in [5, 5.41) is 14.0. The Bertz CT molecular complexity index is 1380. The van der Waals surface area contributed by atoms with Gasteiger partial charge >= 0.3 is 5.97 Å². The number of carboxylic acid groups (broad SMARTS) is 1. The van der Waals surface area contributed by atoms with Gasteiger partial charge in [-0.1, -0.05) is 61.0 Å². The molecule has 2 N–H and O–H groups in total. The number of aromatic nitrogens is 1. The highest BCUT2D eigenvalue weighted by atomic mass is 35.5. The van der Waals surface area contributed by atoms with Crippen LogP contribution in [0.25, 0.3) is 17.3 Å². The predicted molar refractivity (Wildman–Crippen MR) is 159 cm³/mol. The number of halogens is 3. The number of thiazole rings is 1. The van der Waals surface area contributed by atoms with Crippen molar-refractivity contribution in [3.8, 4) is 11.3 Å². The second kappa shape index (κ2) is 14.2. The molecule has 1 aromatic heterocycles. The third-order valence-electron chi connectivity index (χ3n) is 7.00. The van der Waals surface area contributed by atoms with E-state index in [4.69, 9.17) is 33.0 Å². The lowest BCUT2D eigenvalue weighted by atomic mass is 10.0. The number of carbonyl (C=O) groups is 2. The average molecular weight is 606 g/mol. The Morgan fingerprint density at radius 2 is 1.93 bits per heavy atom. The van der Waals surface area contributed by atoms with Crippen LogP contribution in [0, 0.1) is 11.7 Å². The molecule has 0 unspecified atom stereocenters. The van der Waals surface area contributed by atoms with E-state index in [-0.39, 0.29) is 27.0 Å². The zero-order valence-electron chi connectivity index (χ0n) is 22.1. The maximum absolute atomic E-state index is 15.3. The quantitative estimate of drug-likeness (QED) is 0.160. The SMILES string of the molecule is CC(=Cc1c(Cl)cc(C(=O)Nc2nc(-c3cccc(CCCOCCC4CCCC4)c3F)cs2)cc1Cl)C(=O)O. The first-order chi connectivity index (χ1) is 19.2. The fraction of sp³-hybridized carbons (Fsp3) is 0.367. The fourth-order valence-corrected chi connectivity index (χ4v) is 6.04. The van der Waals surface area contributed by atoms with E-state index < -0.39 is 11.9 Å². The number of hydrogen-bond acceptors (Lipinski definition) is 5. The number of aryl methyl sites for hydroxylation is 1. The topological polar surface area (TPSA) is 88.5 Å². The molecule has 1 heterocycles. The lowest BCUT2D eigenvalue weighted by Crippen LogP contribution is -2.12. The number of hydrogen-bond donors (Lipinski definition) is 2. The van der Waals surface area contributed by atoms with Crippen LogP contribution in [0.4, 0.5) is 9.52 Å². The van der Waals surface area contributed by atoms with Crippen LogP contribution in [-0.4, -0.2) is 35.2 Å². The number of carboxylic acids is 1. The molecule has 1 aliphatic carbocycles. The summed E-state index contributed by atoms with van der Waals surface area (Å²) >= 11 is 13.7. The number of anilines is 1. The highest BCUT2D eigenvalue weighted by molar-refractivity contribution is 7.14. The second-order valence-corrected chi connectivity index (χ2v) is 11.6. The van der Waals surface area contributed by atoms with Gasteiger partial charge in [0.15, 0.2) is 5.13 Å². The first kappa shape index (κ1) is 30.2. The Balaban J connectivity index is 1.35. The van der Waals surface area contributed by atoms with Gasteiger partial charge < -0.3 is 9.84 Å². The Morgan fingerprint density at radius 1 is 1.20 bits per heavy atom. The Labute approximate surface area is 247 Å². The fourth-order valence-electron chi connectivity index (χ4n) is 4.74. The summed E-state index contributed by atoms with van der Waals surface area (Å²) < 4.78 is 21.1. The van der Waals surface area contributed by atoms with E-state index in [0.717, 1.165) is 25.4 Å². The first-order valence-corrected chi connectivity index (χ1v) is 14.9. The number of amides is 1. The molecule has 3 aromatic rings. The van der Waals surface area contributed by atoms with Crippen molar-refractivity contribution in [2.45, 2.75) is 51.9 Å². The van der Waals surface area contributed by atoms with Crippen LogP contribution < -0.4 is 5.32 Å². The number of nitrogens with zero attached hydrogens (tertiary/aromatic N) is 1. The molecule has 0 bridgehead atoms. The molecule has 0 radical (unpaired) electrons. The molecule has 40 heavy (non-hydrogen) atoms. The molecule has 4 rings (SSSR count). The normalized spacial score (nSPS) is 14.1. The molecule has 10 heteroatoms. The number of ether oxygens (including phenoxy) is 1. The van der Waals surface area contributed by atoms with E-state index in [1.165, 1.54) is 62.2 Å². The van der Waals surface area contributed by atoms with Crippen LogP contribution >= 0.6 is 34.5 Å². The minimum absolute atomic E-state index is 0.0514. The molecule has 6 nitrogen and oxygen atoms in total. The van der Waals surface area contributed by atoms with Gasteiger partial charge in [-0.3, -0.25) is 10.1 Å². The molecule has 1 fully saturated rings. The lowest BCUT2D eigenvalue weighted by molar-refractivity contribution is -0.132. The molecule has 212 valence electrons. The van der Waals surface area contributed by atoms with Crippen LogP contribution in [0.15, 0.2) is 41.3 Å². The molecule has 0 spiro atoms. The summed E-state index contributed by atoms with van der Waals surface area (Å²) in [5.74, 6) is -1.13. The number of rotatable bonds is 12. The molecular formula is C30H31Cl2FN2O4S. The Hall–Kier alpha value is -2.78. The van der Waals surface area contributed by atoms with Crippen molar-refractivity contribution in [1.82, 2.24) is 4.98 Å². The van der Waals surface area contributed by atoms with Crippen molar-refractivity contribution in [3.63, 3.8) is 0 Å². The van der Waals surface area contributed by atoms with Crippen LogP contribution in [-0.2, 0) is 16.0 Å². The van der Waals surface area contributed by atoms with E-state index in [0.29, 0.717) is 40.5 Å². The van der Waals surface area contributed by atoms with Gasteiger partial charge in [-0.25, -0.2) is 14.2 Å². The molecular weight excluding hydrogens is 574 g/mol. The third-order valence-corrected chi connectivity index (χ3v) is 8.38. The molecule has 0 saturated heterocycles. The highest BCUT2D eigenvalue weighted by Gasteiger charge is 2.17. The smallest absolute Gasteiger partial charge is 0.331 e.